The molecule has 0 aliphatic carbocycles. The molecule has 18 heavy (non-hydrogen) atoms. The van der Waals surface area contributed by atoms with Crippen LogP contribution in [0.3, 0.4) is 0 Å². The average Bonchev–Trinajstić information content (AvgIpc) is 2.27. The van der Waals surface area contributed by atoms with E-state index in [0.29, 0.717) is 21.5 Å². The molecule has 2 aromatic rings. The molecular weight excluding hydrogens is 267 g/mol. The molecular formula is C12H9ClF3NO. The molecule has 1 aromatic carbocycles. The number of rotatable bonds is 2. The third-order valence-electron chi connectivity index (χ3n) is 2.59. The van der Waals surface area contributed by atoms with E-state index in [1.165, 1.54) is 12.3 Å². The van der Waals surface area contributed by atoms with E-state index >= 15 is 0 Å². The van der Waals surface area contributed by atoms with Crippen molar-refractivity contribution in [2.45, 2.75) is 18.7 Å². The highest BCUT2D eigenvalue weighted by molar-refractivity contribution is 6.31. The Bertz CT molecular complexity index is 571. The molecule has 0 aliphatic heterocycles. The zero-order chi connectivity index (χ0) is 13.3. The van der Waals surface area contributed by atoms with Gasteiger partial charge in [0.1, 0.15) is 0 Å². The normalized spacial score (nSPS) is 13.8. The van der Waals surface area contributed by atoms with Crippen LogP contribution in [0.4, 0.5) is 13.2 Å². The second kappa shape index (κ2) is 4.74. The summed E-state index contributed by atoms with van der Waals surface area (Å²) in [5.74, 6) is 0. The Hall–Kier alpha value is -1.33. The Morgan fingerprint density at radius 2 is 2.00 bits per heavy atom. The molecule has 0 saturated heterocycles. The van der Waals surface area contributed by atoms with Crippen LogP contribution >= 0.6 is 11.6 Å². The zero-order valence-electron chi connectivity index (χ0n) is 9.08. The number of halogens is 4. The van der Waals surface area contributed by atoms with Crippen LogP contribution in [0.25, 0.3) is 10.9 Å². The van der Waals surface area contributed by atoms with Crippen molar-refractivity contribution in [1.29, 1.82) is 0 Å². The molecule has 0 amide bonds. The molecule has 0 spiro atoms. The first-order chi connectivity index (χ1) is 8.38. The van der Waals surface area contributed by atoms with E-state index in [0.717, 1.165) is 0 Å². The minimum Gasteiger partial charge on any atom is -0.383 e. The van der Waals surface area contributed by atoms with Gasteiger partial charge in [0.15, 0.2) is 6.10 Å². The molecule has 2 nitrogen and oxygen atoms in total. The summed E-state index contributed by atoms with van der Waals surface area (Å²) in [6.45, 7) is 0. The largest absolute Gasteiger partial charge is 0.414 e. The maximum atomic E-state index is 12.3. The summed E-state index contributed by atoms with van der Waals surface area (Å²) in [5, 5.41) is 10.1. The molecule has 0 saturated carbocycles. The van der Waals surface area contributed by atoms with Crippen LogP contribution in [0.15, 0.2) is 30.5 Å². The van der Waals surface area contributed by atoms with Crippen molar-refractivity contribution in [2.75, 3.05) is 0 Å². The zero-order valence-corrected chi connectivity index (χ0v) is 9.83. The van der Waals surface area contributed by atoms with E-state index in [2.05, 4.69) is 4.98 Å². The van der Waals surface area contributed by atoms with Gasteiger partial charge in [-0.25, -0.2) is 0 Å². The second-order valence-corrected chi connectivity index (χ2v) is 4.33. The van der Waals surface area contributed by atoms with Gasteiger partial charge < -0.3 is 5.11 Å². The van der Waals surface area contributed by atoms with Crippen LogP contribution in [0.5, 0.6) is 0 Å². The van der Waals surface area contributed by atoms with Crippen molar-refractivity contribution < 1.29 is 18.3 Å². The minimum absolute atomic E-state index is 0.390. The van der Waals surface area contributed by atoms with Crippen molar-refractivity contribution in [2.24, 2.45) is 0 Å². The maximum Gasteiger partial charge on any atom is 0.414 e. The molecule has 1 atom stereocenters. The van der Waals surface area contributed by atoms with Gasteiger partial charge in [-0.3, -0.25) is 4.98 Å². The van der Waals surface area contributed by atoms with Crippen molar-refractivity contribution in [3.05, 3.63) is 41.0 Å². The Balaban J connectivity index is 2.40. The third kappa shape index (κ3) is 2.73. The van der Waals surface area contributed by atoms with E-state index in [-0.39, 0.29) is 0 Å². The summed E-state index contributed by atoms with van der Waals surface area (Å²) in [6, 6.07) is 6.21. The van der Waals surface area contributed by atoms with Gasteiger partial charge in [-0.1, -0.05) is 17.7 Å². The number of alkyl halides is 3. The Morgan fingerprint density at radius 3 is 2.67 bits per heavy atom. The third-order valence-corrected chi connectivity index (χ3v) is 2.82. The Kier molecular flexibility index (Phi) is 3.45. The maximum absolute atomic E-state index is 12.3. The number of benzene rings is 1. The predicted molar refractivity (Wildman–Crippen MR) is 62.5 cm³/mol. The molecule has 1 N–H and O–H groups in total. The van der Waals surface area contributed by atoms with Gasteiger partial charge in [-0.15, -0.1) is 0 Å². The average molecular weight is 276 g/mol. The Labute approximate surface area is 106 Å². The number of hydrogen-bond acceptors (Lipinski definition) is 2. The van der Waals surface area contributed by atoms with Gasteiger partial charge in [0.2, 0.25) is 0 Å². The summed E-state index contributed by atoms with van der Waals surface area (Å²) < 4.78 is 36.9. The quantitative estimate of drug-likeness (QED) is 0.912. The van der Waals surface area contributed by atoms with E-state index in [1.807, 2.05) is 0 Å². The van der Waals surface area contributed by atoms with E-state index in [9.17, 15) is 13.2 Å². The fourth-order valence-electron chi connectivity index (χ4n) is 1.68. The summed E-state index contributed by atoms with van der Waals surface area (Å²) in [4.78, 5) is 4.02. The number of aliphatic hydroxyl groups excluding tert-OH is 1. The second-order valence-electron chi connectivity index (χ2n) is 3.89. The first-order valence-electron chi connectivity index (χ1n) is 5.16. The molecule has 0 fully saturated rings. The van der Waals surface area contributed by atoms with Crippen LogP contribution < -0.4 is 0 Å². The lowest BCUT2D eigenvalue weighted by Gasteiger charge is -2.15. The fraction of sp³-hybridized carbons (Fsp3) is 0.250. The van der Waals surface area contributed by atoms with E-state index < -0.39 is 18.7 Å². The van der Waals surface area contributed by atoms with Gasteiger partial charge >= 0.3 is 6.18 Å². The fourth-order valence-corrected chi connectivity index (χ4v) is 1.85. The Morgan fingerprint density at radius 1 is 1.28 bits per heavy atom. The molecule has 0 bridgehead atoms. The van der Waals surface area contributed by atoms with Crippen LogP contribution in [0, 0.1) is 0 Å². The monoisotopic (exact) mass is 275 g/mol. The van der Waals surface area contributed by atoms with Gasteiger partial charge in [-0.2, -0.15) is 13.2 Å². The number of pyridine rings is 1. The molecule has 6 heteroatoms. The minimum atomic E-state index is -4.62. The van der Waals surface area contributed by atoms with Gasteiger partial charge in [0, 0.05) is 23.0 Å². The van der Waals surface area contributed by atoms with E-state index in [4.69, 9.17) is 16.7 Å². The highest BCUT2D eigenvalue weighted by atomic mass is 35.5. The first-order valence-corrected chi connectivity index (χ1v) is 5.53. The molecule has 2 rings (SSSR count). The van der Waals surface area contributed by atoms with Gasteiger partial charge in [0.25, 0.3) is 0 Å². The lowest BCUT2D eigenvalue weighted by Crippen LogP contribution is -2.30. The molecule has 1 unspecified atom stereocenters. The SMILES string of the molecule is OC(Cc1ccnc2cc(Cl)ccc12)C(F)(F)F. The highest BCUT2D eigenvalue weighted by Gasteiger charge is 2.38. The van der Waals surface area contributed by atoms with Crippen molar-refractivity contribution in [3.63, 3.8) is 0 Å². The lowest BCUT2D eigenvalue weighted by atomic mass is 10.0. The molecule has 1 heterocycles. The summed E-state index contributed by atoms with van der Waals surface area (Å²) in [5.41, 5.74) is 0.899. The molecule has 0 aliphatic rings. The predicted octanol–water partition coefficient (Wildman–Crippen LogP) is 3.35. The number of fused-ring (bicyclic) bond motifs is 1. The summed E-state index contributed by atoms with van der Waals surface area (Å²) >= 11 is 5.78. The van der Waals surface area contributed by atoms with Crippen LogP contribution in [0.1, 0.15) is 5.56 Å². The number of aliphatic hydroxyl groups is 1. The number of nitrogens with zero attached hydrogens (tertiary/aromatic N) is 1. The van der Waals surface area contributed by atoms with Crippen LogP contribution in [0.2, 0.25) is 5.02 Å². The standard InChI is InChI=1S/C12H9ClF3NO/c13-8-1-2-9-7(3-4-17-10(9)6-8)5-11(18)12(14,15)16/h1-4,6,11,18H,5H2. The molecule has 0 radical (unpaired) electrons. The summed E-state index contributed by atoms with van der Waals surface area (Å²) in [7, 11) is 0. The number of aromatic nitrogens is 1. The van der Waals surface area contributed by atoms with Gasteiger partial charge in [0.05, 0.1) is 5.52 Å². The molecule has 96 valence electrons. The topological polar surface area (TPSA) is 33.1 Å². The lowest BCUT2D eigenvalue weighted by molar-refractivity contribution is -0.202. The number of hydrogen-bond donors (Lipinski definition) is 1. The first kappa shape index (κ1) is 13.1. The van der Waals surface area contributed by atoms with Gasteiger partial charge in [-0.05, 0) is 23.8 Å². The van der Waals surface area contributed by atoms with Crippen LogP contribution in [-0.2, 0) is 6.42 Å². The smallest absolute Gasteiger partial charge is 0.383 e. The highest BCUT2D eigenvalue weighted by Crippen LogP contribution is 2.26. The van der Waals surface area contributed by atoms with E-state index in [1.54, 1.807) is 18.2 Å². The summed E-state index contributed by atoms with van der Waals surface area (Å²) in [6.07, 6.45) is -6.10. The van der Waals surface area contributed by atoms with Crippen molar-refractivity contribution >= 4 is 22.5 Å². The van der Waals surface area contributed by atoms with Crippen molar-refractivity contribution in [3.8, 4) is 0 Å². The van der Waals surface area contributed by atoms with Crippen molar-refractivity contribution in [1.82, 2.24) is 4.98 Å². The molecule has 1 aromatic heterocycles. The van der Waals surface area contributed by atoms with Crippen LogP contribution in [-0.4, -0.2) is 22.4 Å².